The van der Waals surface area contributed by atoms with E-state index in [-0.39, 0.29) is 28.5 Å². The van der Waals surface area contributed by atoms with Crippen molar-refractivity contribution in [2.24, 2.45) is 0 Å². The van der Waals surface area contributed by atoms with E-state index in [9.17, 15) is 23.3 Å². The number of rotatable bonds is 6. The standard InChI is InChI=1S/C17H17NO7S/c1-4-24-17(19)15-10-13(18(20)21)6-8-16(15)25-26(22,23)14-7-5-11(2)12(3)9-14/h5-10H,4H2,1-3H3. The summed E-state index contributed by atoms with van der Waals surface area (Å²) < 4.78 is 34.9. The van der Waals surface area contributed by atoms with Gasteiger partial charge in [-0.2, -0.15) is 8.42 Å². The Morgan fingerprint density at radius 1 is 1.12 bits per heavy atom. The Morgan fingerprint density at radius 2 is 1.81 bits per heavy atom. The Morgan fingerprint density at radius 3 is 2.38 bits per heavy atom. The third-order valence-corrected chi connectivity index (χ3v) is 4.87. The Hall–Kier alpha value is -2.94. The first-order valence-electron chi connectivity index (χ1n) is 7.63. The van der Waals surface area contributed by atoms with E-state index >= 15 is 0 Å². The molecule has 0 N–H and O–H groups in total. The van der Waals surface area contributed by atoms with E-state index in [2.05, 4.69) is 0 Å². The van der Waals surface area contributed by atoms with Gasteiger partial charge in [-0.3, -0.25) is 10.1 Å². The minimum Gasteiger partial charge on any atom is -0.462 e. The van der Waals surface area contributed by atoms with Crippen LogP contribution in [-0.4, -0.2) is 25.9 Å². The van der Waals surface area contributed by atoms with Gasteiger partial charge in [0.15, 0.2) is 5.75 Å². The van der Waals surface area contributed by atoms with E-state index in [1.165, 1.54) is 12.1 Å². The van der Waals surface area contributed by atoms with Crippen LogP contribution in [0.3, 0.4) is 0 Å². The molecule has 2 aromatic rings. The second kappa shape index (κ2) is 7.52. The lowest BCUT2D eigenvalue weighted by atomic mass is 10.1. The van der Waals surface area contributed by atoms with E-state index < -0.39 is 21.0 Å². The molecule has 2 aromatic carbocycles. The van der Waals surface area contributed by atoms with Gasteiger partial charge in [-0.1, -0.05) is 6.07 Å². The molecule has 0 spiro atoms. The molecule has 0 aliphatic heterocycles. The number of carbonyl (C=O) groups is 1. The van der Waals surface area contributed by atoms with Crippen LogP contribution in [0.4, 0.5) is 5.69 Å². The molecule has 0 fully saturated rings. The van der Waals surface area contributed by atoms with Crippen LogP contribution >= 0.6 is 0 Å². The Bertz CT molecular complexity index is 967. The molecule has 0 saturated heterocycles. The summed E-state index contributed by atoms with van der Waals surface area (Å²) in [6, 6.07) is 7.49. The second-order valence-corrected chi connectivity index (χ2v) is 6.99. The summed E-state index contributed by atoms with van der Waals surface area (Å²) >= 11 is 0. The van der Waals surface area contributed by atoms with Crippen LogP contribution in [0.2, 0.25) is 0 Å². The van der Waals surface area contributed by atoms with Crippen molar-refractivity contribution >= 4 is 21.8 Å². The number of hydrogen-bond acceptors (Lipinski definition) is 7. The second-order valence-electron chi connectivity index (χ2n) is 5.44. The third kappa shape index (κ3) is 4.17. The molecule has 8 nitrogen and oxygen atoms in total. The van der Waals surface area contributed by atoms with Crippen molar-refractivity contribution in [2.75, 3.05) is 6.61 Å². The number of benzene rings is 2. The van der Waals surface area contributed by atoms with Crippen LogP contribution in [0.5, 0.6) is 5.75 Å². The summed E-state index contributed by atoms with van der Waals surface area (Å²) in [5.41, 5.74) is 0.938. The van der Waals surface area contributed by atoms with Gasteiger partial charge in [0.1, 0.15) is 10.5 Å². The molecule has 0 heterocycles. The van der Waals surface area contributed by atoms with Crippen molar-refractivity contribution < 1.29 is 27.1 Å². The molecular weight excluding hydrogens is 362 g/mol. The summed E-state index contributed by atoms with van der Waals surface area (Å²) in [7, 11) is -4.23. The topological polar surface area (TPSA) is 113 Å². The summed E-state index contributed by atoms with van der Waals surface area (Å²) in [4.78, 5) is 22.2. The number of nitro benzene ring substituents is 1. The maximum atomic E-state index is 12.5. The van der Waals surface area contributed by atoms with Crippen LogP contribution in [-0.2, 0) is 14.9 Å². The molecule has 0 unspecified atom stereocenters. The molecule has 0 aliphatic rings. The lowest BCUT2D eigenvalue weighted by Crippen LogP contribution is -2.14. The zero-order chi connectivity index (χ0) is 19.5. The van der Waals surface area contributed by atoms with Crippen LogP contribution in [0, 0.1) is 24.0 Å². The van der Waals surface area contributed by atoms with E-state index in [1.807, 2.05) is 6.92 Å². The van der Waals surface area contributed by atoms with Gasteiger partial charge in [0.25, 0.3) is 5.69 Å². The summed E-state index contributed by atoms with van der Waals surface area (Å²) in [5.74, 6) is -1.26. The molecule has 0 amide bonds. The number of aryl methyl sites for hydroxylation is 2. The van der Waals surface area contributed by atoms with Crippen molar-refractivity contribution in [1.29, 1.82) is 0 Å². The molecule has 0 radical (unpaired) electrons. The SMILES string of the molecule is CCOC(=O)c1cc([N+](=O)[O-])ccc1OS(=O)(=O)c1ccc(C)c(C)c1. The lowest BCUT2D eigenvalue weighted by Gasteiger charge is -2.12. The number of esters is 1. The fraction of sp³-hybridized carbons (Fsp3) is 0.235. The molecule has 9 heteroatoms. The molecule has 0 aromatic heterocycles. The first kappa shape index (κ1) is 19.4. The summed E-state index contributed by atoms with van der Waals surface area (Å²) in [6.07, 6.45) is 0. The number of non-ortho nitro benzene ring substituents is 1. The zero-order valence-corrected chi connectivity index (χ0v) is 15.2. The van der Waals surface area contributed by atoms with Gasteiger partial charge in [0.2, 0.25) is 0 Å². The Labute approximate surface area is 150 Å². The maximum absolute atomic E-state index is 12.5. The van der Waals surface area contributed by atoms with Crippen molar-refractivity contribution in [3.05, 3.63) is 63.2 Å². The van der Waals surface area contributed by atoms with Gasteiger partial charge in [-0.25, -0.2) is 4.79 Å². The molecule has 2 rings (SSSR count). The van der Waals surface area contributed by atoms with Gasteiger partial charge in [-0.05, 0) is 50.1 Å². The van der Waals surface area contributed by atoms with Crippen LogP contribution in [0.15, 0.2) is 41.3 Å². The predicted octanol–water partition coefficient (Wildman–Crippen LogP) is 3.16. The van der Waals surface area contributed by atoms with Crippen LogP contribution in [0.1, 0.15) is 28.4 Å². The van der Waals surface area contributed by atoms with Crippen molar-refractivity contribution in [2.45, 2.75) is 25.7 Å². The number of nitrogens with zero attached hydrogens (tertiary/aromatic N) is 1. The Balaban J connectivity index is 2.48. The van der Waals surface area contributed by atoms with E-state index in [1.54, 1.807) is 19.9 Å². The van der Waals surface area contributed by atoms with Crippen molar-refractivity contribution in [3.8, 4) is 5.75 Å². The average Bonchev–Trinajstić information content (AvgIpc) is 2.57. The predicted molar refractivity (Wildman–Crippen MR) is 92.8 cm³/mol. The molecular formula is C17H17NO7S. The largest absolute Gasteiger partial charge is 0.462 e. The van der Waals surface area contributed by atoms with E-state index in [0.29, 0.717) is 0 Å². The highest BCUT2D eigenvalue weighted by Crippen LogP contribution is 2.28. The highest BCUT2D eigenvalue weighted by atomic mass is 32.2. The van der Waals surface area contributed by atoms with Crippen LogP contribution < -0.4 is 4.18 Å². The molecule has 26 heavy (non-hydrogen) atoms. The fourth-order valence-corrected chi connectivity index (χ4v) is 3.14. The number of carbonyl (C=O) groups excluding carboxylic acids is 1. The van der Waals surface area contributed by atoms with Gasteiger partial charge < -0.3 is 8.92 Å². The van der Waals surface area contributed by atoms with Crippen molar-refractivity contribution in [3.63, 3.8) is 0 Å². The number of nitro groups is 1. The lowest BCUT2D eigenvalue weighted by molar-refractivity contribution is -0.384. The molecule has 0 aliphatic carbocycles. The smallest absolute Gasteiger partial charge is 0.342 e. The average molecular weight is 379 g/mol. The van der Waals surface area contributed by atoms with E-state index in [4.69, 9.17) is 8.92 Å². The monoisotopic (exact) mass is 379 g/mol. The van der Waals surface area contributed by atoms with Gasteiger partial charge in [0.05, 0.1) is 11.5 Å². The van der Waals surface area contributed by atoms with Crippen LogP contribution in [0.25, 0.3) is 0 Å². The Kier molecular flexibility index (Phi) is 5.61. The highest BCUT2D eigenvalue weighted by molar-refractivity contribution is 7.87. The van der Waals surface area contributed by atoms with Gasteiger partial charge >= 0.3 is 16.1 Å². The normalized spacial score (nSPS) is 11.0. The van der Waals surface area contributed by atoms with E-state index in [0.717, 1.165) is 29.3 Å². The van der Waals surface area contributed by atoms with Gasteiger partial charge in [0, 0.05) is 12.1 Å². The maximum Gasteiger partial charge on any atom is 0.342 e. The van der Waals surface area contributed by atoms with Crippen molar-refractivity contribution in [1.82, 2.24) is 0 Å². The first-order chi connectivity index (χ1) is 12.2. The number of hydrogen-bond donors (Lipinski definition) is 0. The number of ether oxygens (including phenoxy) is 1. The summed E-state index contributed by atoms with van der Waals surface area (Å²) in [6.45, 7) is 5.17. The molecule has 138 valence electrons. The van der Waals surface area contributed by atoms with Gasteiger partial charge in [-0.15, -0.1) is 0 Å². The quantitative estimate of drug-likeness (QED) is 0.328. The molecule has 0 bridgehead atoms. The molecule has 0 saturated carbocycles. The minimum atomic E-state index is -4.23. The zero-order valence-electron chi connectivity index (χ0n) is 14.4. The summed E-state index contributed by atoms with van der Waals surface area (Å²) in [5, 5.41) is 10.9. The fourth-order valence-electron chi connectivity index (χ4n) is 2.11. The minimum absolute atomic E-state index is 0.0187. The first-order valence-corrected chi connectivity index (χ1v) is 9.04. The highest BCUT2D eigenvalue weighted by Gasteiger charge is 2.24. The molecule has 0 atom stereocenters. The third-order valence-electron chi connectivity index (χ3n) is 3.64.